The van der Waals surface area contributed by atoms with Crippen molar-refractivity contribution >= 4 is 5.91 Å². The van der Waals surface area contributed by atoms with Crippen LogP contribution in [0.3, 0.4) is 0 Å². The summed E-state index contributed by atoms with van der Waals surface area (Å²) in [4.78, 5) is 11.0. The number of hydrogen-bond acceptors (Lipinski definition) is 2. The van der Waals surface area contributed by atoms with E-state index in [2.05, 4.69) is 10.6 Å². The number of carbonyl (C=O) groups is 1. The van der Waals surface area contributed by atoms with Crippen LogP contribution in [0.5, 0.6) is 0 Å². The highest BCUT2D eigenvalue weighted by Crippen LogP contribution is 2.25. The molecule has 0 aromatic carbocycles. The predicted molar refractivity (Wildman–Crippen MR) is 44.6 cm³/mol. The number of carbonyl (C=O) groups excluding carboxylic acids is 1. The third-order valence-electron chi connectivity index (χ3n) is 2.32. The molecule has 0 aromatic heterocycles. The Kier molecular flexibility index (Phi) is 3.36. The molecule has 1 fully saturated rings. The summed E-state index contributed by atoms with van der Waals surface area (Å²) in [5, 5.41) is 5.26. The summed E-state index contributed by atoms with van der Waals surface area (Å²) in [6, 6.07) is 0. The van der Waals surface area contributed by atoms with E-state index in [4.69, 9.17) is 0 Å². The minimum absolute atomic E-state index is 0.277. The molecule has 0 aromatic rings. The molecule has 1 aliphatic rings. The highest BCUT2D eigenvalue weighted by atomic mass is 19.4. The fourth-order valence-electron chi connectivity index (χ4n) is 1.04. The van der Waals surface area contributed by atoms with Crippen LogP contribution < -0.4 is 10.6 Å². The molecule has 3 nitrogen and oxygen atoms in total. The van der Waals surface area contributed by atoms with Crippen LogP contribution in [-0.4, -0.2) is 31.7 Å². The van der Waals surface area contributed by atoms with Gasteiger partial charge in [0.05, 0.1) is 0 Å². The summed E-state index contributed by atoms with van der Waals surface area (Å²) in [7, 11) is 0. The van der Waals surface area contributed by atoms with Gasteiger partial charge in [-0.05, 0) is 6.92 Å². The fraction of sp³-hybridized carbons (Fsp3) is 0.875. The standard InChI is InChI=1S/C8H13F3N2O/c1-5(8(9,10)11)7(14)13-4-6-2-12-3-6/h5-6,12H,2-4H2,1H3,(H,13,14). The van der Waals surface area contributed by atoms with Crippen molar-refractivity contribution in [2.75, 3.05) is 19.6 Å². The quantitative estimate of drug-likeness (QED) is 0.713. The summed E-state index contributed by atoms with van der Waals surface area (Å²) in [5.74, 6) is -2.58. The van der Waals surface area contributed by atoms with Crippen LogP contribution in [0.1, 0.15) is 6.92 Å². The minimum Gasteiger partial charge on any atom is -0.355 e. The lowest BCUT2D eigenvalue weighted by Crippen LogP contribution is -2.49. The van der Waals surface area contributed by atoms with Crippen LogP contribution >= 0.6 is 0 Å². The second kappa shape index (κ2) is 4.16. The Morgan fingerprint density at radius 1 is 1.57 bits per heavy atom. The van der Waals surface area contributed by atoms with Crippen molar-refractivity contribution in [3.8, 4) is 0 Å². The monoisotopic (exact) mass is 210 g/mol. The zero-order valence-electron chi connectivity index (χ0n) is 7.82. The van der Waals surface area contributed by atoms with E-state index >= 15 is 0 Å². The van der Waals surface area contributed by atoms with Crippen LogP contribution in [-0.2, 0) is 4.79 Å². The lowest BCUT2D eigenvalue weighted by atomic mass is 10.0. The third kappa shape index (κ3) is 2.87. The average molecular weight is 210 g/mol. The molecular formula is C8H13F3N2O. The first-order chi connectivity index (χ1) is 6.41. The van der Waals surface area contributed by atoms with Crippen molar-refractivity contribution in [2.24, 2.45) is 11.8 Å². The van der Waals surface area contributed by atoms with Gasteiger partial charge < -0.3 is 10.6 Å². The average Bonchev–Trinajstić information content (AvgIpc) is 1.98. The molecule has 1 atom stereocenters. The van der Waals surface area contributed by atoms with Crippen LogP contribution in [0.2, 0.25) is 0 Å². The first-order valence-electron chi connectivity index (χ1n) is 4.46. The van der Waals surface area contributed by atoms with Gasteiger partial charge in [0.25, 0.3) is 0 Å². The van der Waals surface area contributed by atoms with E-state index in [9.17, 15) is 18.0 Å². The molecule has 2 N–H and O–H groups in total. The summed E-state index contributed by atoms with van der Waals surface area (Å²) in [6.07, 6.45) is -4.44. The largest absolute Gasteiger partial charge is 0.400 e. The Bertz CT molecular complexity index is 213. The molecular weight excluding hydrogens is 197 g/mol. The van der Waals surface area contributed by atoms with Gasteiger partial charge in [0, 0.05) is 25.6 Å². The van der Waals surface area contributed by atoms with Gasteiger partial charge in [0.2, 0.25) is 5.91 Å². The van der Waals surface area contributed by atoms with E-state index in [1.165, 1.54) is 0 Å². The molecule has 0 spiro atoms. The number of alkyl halides is 3. The van der Waals surface area contributed by atoms with E-state index in [0.717, 1.165) is 20.0 Å². The van der Waals surface area contributed by atoms with Gasteiger partial charge in [0.1, 0.15) is 5.92 Å². The highest BCUT2D eigenvalue weighted by molar-refractivity contribution is 5.79. The molecule has 0 saturated carbocycles. The van der Waals surface area contributed by atoms with E-state index in [-0.39, 0.29) is 5.92 Å². The molecule has 1 amide bonds. The Morgan fingerprint density at radius 2 is 2.14 bits per heavy atom. The van der Waals surface area contributed by atoms with E-state index in [1.807, 2.05) is 0 Å². The molecule has 0 bridgehead atoms. The second-order valence-electron chi connectivity index (χ2n) is 3.53. The molecule has 0 aliphatic carbocycles. The van der Waals surface area contributed by atoms with Gasteiger partial charge in [0.15, 0.2) is 0 Å². The first-order valence-corrected chi connectivity index (χ1v) is 4.46. The summed E-state index contributed by atoms with van der Waals surface area (Å²) in [5.41, 5.74) is 0. The number of halogens is 3. The summed E-state index contributed by atoms with van der Waals surface area (Å²) < 4.78 is 36.1. The molecule has 1 unspecified atom stereocenters. The van der Waals surface area contributed by atoms with Crippen LogP contribution in [0.15, 0.2) is 0 Å². The number of amides is 1. The van der Waals surface area contributed by atoms with Crippen molar-refractivity contribution < 1.29 is 18.0 Å². The number of hydrogen-bond donors (Lipinski definition) is 2. The zero-order chi connectivity index (χ0) is 10.8. The summed E-state index contributed by atoms with van der Waals surface area (Å²) >= 11 is 0. The SMILES string of the molecule is CC(C(=O)NCC1CNC1)C(F)(F)F. The Labute approximate surface area is 80.0 Å². The topological polar surface area (TPSA) is 41.1 Å². The van der Waals surface area contributed by atoms with Crippen LogP contribution in [0.25, 0.3) is 0 Å². The van der Waals surface area contributed by atoms with E-state index in [1.54, 1.807) is 0 Å². The Hall–Kier alpha value is -0.780. The van der Waals surface area contributed by atoms with Gasteiger partial charge in [-0.2, -0.15) is 13.2 Å². The molecule has 1 heterocycles. The second-order valence-corrected chi connectivity index (χ2v) is 3.53. The van der Waals surface area contributed by atoms with Crippen LogP contribution in [0, 0.1) is 11.8 Å². The molecule has 1 rings (SSSR count). The van der Waals surface area contributed by atoms with Gasteiger partial charge >= 0.3 is 6.18 Å². The maximum atomic E-state index is 12.0. The van der Waals surface area contributed by atoms with E-state index in [0.29, 0.717) is 6.54 Å². The van der Waals surface area contributed by atoms with Gasteiger partial charge in [-0.25, -0.2) is 0 Å². The third-order valence-corrected chi connectivity index (χ3v) is 2.32. The molecule has 1 saturated heterocycles. The summed E-state index contributed by atoms with van der Waals surface area (Å²) in [6.45, 7) is 2.72. The first kappa shape index (κ1) is 11.3. The highest BCUT2D eigenvalue weighted by Gasteiger charge is 2.41. The van der Waals surface area contributed by atoms with Gasteiger partial charge in [-0.15, -0.1) is 0 Å². The molecule has 1 aliphatic heterocycles. The lowest BCUT2D eigenvalue weighted by molar-refractivity contribution is -0.178. The Balaban J connectivity index is 2.26. The smallest absolute Gasteiger partial charge is 0.355 e. The normalized spacial score (nSPS) is 20.0. The van der Waals surface area contributed by atoms with Crippen molar-refractivity contribution in [1.82, 2.24) is 10.6 Å². The molecule has 6 heteroatoms. The number of rotatable bonds is 3. The van der Waals surface area contributed by atoms with Crippen molar-refractivity contribution in [3.05, 3.63) is 0 Å². The Morgan fingerprint density at radius 3 is 2.50 bits per heavy atom. The van der Waals surface area contributed by atoms with E-state index < -0.39 is 18.0 Å². The molecule has 82 valence electrons. The fourth-order valence-corrected chi connectivity index (χ4v) is 1.04. The maximum absolute atomic E-state index is 12.0. The number of nitrogens with one attached hydrogen (secondary N) is 2. The van der Waals surface area contributed by atoms with Gasteiger partial charge in [-0.1, -0.05) is 0 Å². The maximum Gasteiger partial charge on any atom is 0.400 e. The van der Waals surface area contributed by atoms with Crippen molar-refractivity contribution in [1.29, 1.82) is 0 Å². The van der Waals surface area contributed by atoms with Gasteiger partial charge in [-0.3, -0.25) is 4.79 Å². The minimum atomic E-state index is -4.44. The van der Waals surface area contributed by atoms with Crippen LogP contribution in [0.4, 0.5) is 13.2 Å². The predicted octanol–water partition coefficient (Wildman–Crippen LogP) is 0.520. The van der Waals surface area contributed by atoms with Crippen molar-refractivity contribution in [3.63, 3.8) is 0 Å². The zero-order valence-corrected chi connectivity index (χ0v) is 7.82. The van der Waals surface area contributed by atoms with Crippen molar-refractivity contribution in [2.45, 2.75) is 13.1 Å². The lowest BCUT2D eigenvalue weighted by Gasteiger charge is -2.27. The molecule has 0 radical (unpaired) electrons. The molecule has 14 heavy (non-hydrogen) atoms.